The van der Waals surface area contributed by atoms with E-state index in [1.807, 2.05) is 23.1 Å². The predicted molar refractivity (Wildman–Crippen MR) is 89.5 cm³/mol. The molecule has 2 saturated heterocycles. The summed E-state index contributed by atoms with van der Waals surface area (Å²) in [5.74, 6) is -0.308. The summed E-state index contributed by atoms with van der Waals surface area (Å²) in [6, 6.07) is 9.13. The maximum atomic E-state index is 12.4. The summed E-state index contributed by atoms with van der Waals surface area (Å²) in [5, 5.41) is 4.71. The van der Waals surface area contributed by atoms with Crippen LogP contribution in [0.25, 0.3) is 0 Å². The van der Waals surface area contributed by atoms with Crippen molar-refractivity contribution in [1.29, 1.82) is 0 Å². The highest BCUT2D eigenvalue weighted by Gasteiger charge is 2.30. The molecule has 0 radical (unpaired) electrons. The third kappa shape index (κ3) is 3.84. The predicted octanol–water partition coefficient (Wildman–Crippen LogP) is 0.713. The summed E-state index contributed by atoms with van der Waals surface area (Å²) in [6.45, 7) is 3.13. The number of benzene rings is 1. The molecule has 2 heterocycles. The first kappa shape index (κ1) is 16.3. The Morgan fingerprint density at radius 3 is 2.58 bits per heavy atom. The van der Waals surface area contributed by atoms with Gasteiger partial charge in [-0.25, -0.2) is 4.79 Å². The molecule has 128 valence electrons. The van der Waals surface area contributed by atoms with Gasteiger partial charge in [0.1, 0.15) is 6.04 Å². The van der Waals surface area contributed by atoms with Gasteiger partial charge < -0.3 is 15.1 Å². The highest BCUT2D eigenvalue weighted by molar-refractivity contribution is 6.04. The van der Waals surface area contributed by atoms with E-state index in [-0.39, 0.29) is 18.2 Å². The van der Waals surface area contributed by atoms with Gasteiger partial charge >= 0.3 is 6.03 Å². The Bertz CT molecular complexity index is 620. The van der Waals surface area contributed by atoms with Crippen molar-refractivity contribution in [2.75, 3.05) is 31.1 Å². The molecule has 2 N–H and O–H groups in total. The average molecular weight is 330 g/mol. The smallest absolute Gasteiger partial charge is 0.322 e. The SMILES string of the molecule is O=C1NC(=O)[C@H](CCC(=O)N2CCCN(c3ccccc3)CC2)N1. The number of carbonyl (C=O) groups is 3. The van der Waals surface area contributed by atoms with Crippen LogP contribution in [0.4, 0.5) is 10.5 Å². The van der Waals surface area contributed by atoms with Crippen LogP contribution in [0.15, 0.2) is 30.3 Å². The molecule has 1 aromatic carbocycles. The van der Waals surface area contributed by atoms with Crippen molar-refractivity contribution in [3.8, 4) is 0 Å². The monoisotopic (exact) mass is 330 g/mol. The molecular weight excluding hydrogens is 308 g/mol. The highest BCUT2D eigenvalue weighted by Crippen LogP contribution is 2.16. The van der Waals surface area contributed by atoms with Crippen molar-refractivity contribution >= 4 is 23.5 Å². The second-order valence-corrected chi connectivity index (χ2v) is 6.11. The Morgan fingerprint density at radius 2 is 1.88 bits per heavy atom. The van der Waals surface area contributed by atoms with Crippen molar-refractivity contribution < 1.29 is 14.4 Å². The lowest BCUT2D eigenvalue weighted by atomic mass is 10.1. The van der Waals surface area contributed by atoms with Crippen LogP contribution in [0.5, 0.6) is 0 Å². The fourth-order valence-corrected chi connectivity index (χ4v) is 3.15. The van der Waals surface area contributed by atoms with Crippen LogP contribution in [0.3, 0.4) is 0 Å². The van der Waals surface area contributed by atoms with Crippen LogP contribution < -0.4 is 15.5 Å². The molecule has 2 aliphatic rings. The van der Waals surface area contributed by atoms with Crippen LogP contribution in [0.2, 0.25) is 0 Å². The second kappa shape index (κ2) is 7.33. The van der Waals surface area contributed by atoms with Gasteiger partial charge in [0.25, 0.3) is 5.91 Å². The molecule has 3 rings (SSSR count). The van der Waals surface area contributed by atoms with Gasteiger partial charge in [-0.05, 0) is 25.0 Å². The van der Waals surface area contributed by atoms with E-state index < -0.39 is 12.1 Å². The molecule has 1 aromatic rings. The van der Waals surface area contributed by atoms with E-state index in [1.165, 1.54) is 5.69 Å². The van der Waals surface area contributed by atoms with Gasteiger partial charge in [0, 0.05) is 38.3 Å². The normalized spacial score (nSPS) is 21.2. The second-order valence-electron chi connectivity index (χ2n) is 6.11. The highest BCUT2D eigenvalue weighted by atomic mass is 16.2. The Labute approximate surface area is 141 Å². The molecule has 0 aromatic heterocycles. The van der Waals surface area contributed by atoms with Crippen molar-refractivity contribution in [2.45, 2.75) is 25.3 Å². The molecule has 0 unspecified atom stereocenters. The molecule has 1 atom stereocenters. The number of anilines is 1. The van der Waals surface area contributed by atoms with Crippen LogP contribution in [0.1, 0.15) is 19.3 Å². The van der Waals surface area contributed by atoms with Crippen LogP contribution in [-0.4, -0.2) is 55.0 Å². The fourth-order valence-electron chi connectivity index (χ4n) is 3.15. The van der Waals surface area contributed by atoms with Gasteiger partial charge in [-0.1, -0.05) is 18.2 Å². The molecule has 24 heavy (non-hydrogen) atoms. The maximum Gasteiger partial charge on any atom is 0.322 e. The summed E-state index contributed by atoms with van der Waals surface area (Å²) in [6.07, 6.45) is 1.53. The third-order valence-electron chi connectivity index (χ3n) is 4.48. The molecule has 0 saturated carbocycles. The lowest BCUT2D eigenvalue weighted by molar-refractivity contribution is -0.131. The Kier molecular flexibility index (Phi) is 4.98. The number of nitrogens with one attached hydrogen (secondary N) is 2. The molecule has 0 aliphatic carbocycles. The lowest BCUT2D eigenvalue weighted by Crippen LogP contribution is -2.37. The molecule has 4 amide bonds. The minimum absolute atomic E-state index is 0.0406. The van der Waals surface area contributed by atoms with Gasteiger partial charge in [0.2, 0.25) is 5.91 Å². The zero-order chi connectivity index (χ0) is 16.9. The largest absolute Gasteiger partial charge is 0.370 e. The third-order valence-corrected chi connectivity index (χ3v) is 4.48. The molecule has 2 aliphatic heterocycles. The molecular formula is C17H22N4O3. The topological polar surface area (TPSA) is 81.8 Å². The van der Waals surface area contributed by atoms with Crippen molar-refractivity contribution in [1.82, 2.24) is 15.5 Å². The first-order valence-corrected chi connectivity index (χ1v) is 8.32. The quantitative estimate of drug-likeness (QED) is 0.797. The summed E-state index contributed by atoms with van der Waals surface area (Å²) in [5.41, 5.74) is 1.18. The van der Waals surface area contributed by atoms with E-state index in [4.69, 9.17) is 0 Å². The molecule has 7 heteroatoms. The average Bonchev–Trinajstić information content (AvgIpc) is 2.79. The fraction of sp³-hybridized carbons (Fsp3) is 0.471. The van der Waals surface area contributed by atoms with Gasteiger partial charge in [-0.3, -0.25) is 14.9 Å². The number of hydrogen-bond donors (Lipinski definition) is 2. The molecule has 7 nitrogen and oxygen atoms in total. The number of nitrogens with zero attached hydrogens (tertiary/aromatic N) is 2. The van der Waals surface area contributed by atoms with Gasteiger partial charge in [0.15, 0.2) is 0 Å². The van der Waals surface area contributed by atoms with Crippen LogP contribution in [-0.2, 0) is 9.59 Å². The number of hydrogen-bond acceptors (Lipinski definition) is 4. The summed E-state index contributed by atoms with van der Waals surface area (Å²) in [4.78, 5) is 39.1. The zero-order valence-electron chi connectivity index (χ0n) is 13.5. The zero-order valence-corrected chi connectivity index (χ0v) is 13.5. The van der Waals surface area contributed by atoms with Crippen molar-refractivity contribution in [2.24, 2.45) is 0 Å². The summed E-state index contributed by atoms with van der Waals surface area (Å²) in [7, 11) is 0. The number of carbonyl (C=O) groups excluding carboxylic acids is 3. The van der Waals surface area contributed by atoms with Crippen LogP contribution >= 0.6 is 0 Å². The Morgan fingerprint density at radius 1 is 1.08 bits per heavy atom. The van der Waals surface area contributed by atoms with E-state index in [1.54, 1.807) is 0 Å². The van der Waals surface area contributed by atoms with E-state index in [9.17, 15) is 14.4 Å². The van der Waals surface area contributed by atoms with E-state index in [0.29, 0.717) is 13.0 Å². The summed E-state index contributed by atoms with van der Waals surface area (Å²) < 4.78 is 0. The van der Waals surface area contributed by atoms with Crippen molar-refractivity contribution in [3.63, 3.8) is 0 Å². The Balaban J connectivity index is 1.49. The van der Waals surface area contributed by atoms with Crippen molar-refractivity contribution in [3.05, 3.63) is 30.3 Å². The first-order valence-electron chi connectivity index (χ1n) is 8.32. The van der Waals surface area contributed by atoms with E-state index in [0.717, 1.165) is 26.1 Å². The number of para-hydroxylation sites is 1. The standard InChI is InChI=1S/C17H22N4O3/c22-15(8-7-14-16(23)19-17(24)18-14)21-10-4-9-20(11-12-21)13-5-2-1-3-6-13/h1-3,5-6,14H,4,7-12H2,(H2,18,19,23,24)/t14-/m0/s1. The summed E-state index contributed by atoms with van der Waals surface area (Å²) >= 11 is 0. The molecule has 2 fully saturated rings. The maximum absolute atomic E-state index is 12.4. The van der Waals surface area contributed by atoms with Gasteiger partial charge in [-0.2, -0.15) is 0 Å². The minimum Gasteiger partial charge on any atom is -0.370 e. The van der Waals surface area contributed by atoms with Gasteiger partial charge in [-0.15, -0.1) is 0 Å². The number of urea groups is 1. The number of imide groups is 1. The van der Waals surface area contributed by atoms with E-state index in [2.05, 4.69) is 27.7 Å². The lowest BCUT2D eigenvalue weighted by Gasteiger charge is -2.24. The molecule has 0 spiro atoms. The van der Waals surface area contributed by atoms with E-state index >= 15 is 0 Å². The Hall–Kier alpha value is -2.57. The minimum atomic E-state index is -0.589. The molecule has 0 bridgehead atoms. The van der Waals surface area contributed by atoms with Crippen LogP contribution in [0, 0.1) is 0 Å². The number of rotatable bonds is 4. The number of amides is 4. The first-order chi connectivity index (χ1) is 11.6. The van der Waals surface area contributed by atoms with Gasteiger partial charge in [0.05, 0.1) is 0 Å².